The number of aromatic nitrogens is 3. The van der Waals surface area contributed by atoms with Crippen LogP contribution in [0.25, 0.3) is 0 Å². The van der Waals surface area contributed by atoms with E-state index in [0.29, 0.717) is 5.41 Å². The average Bonchev–Trinajstić information content (AvgIpc) is 0.801. The minimum Gasteiger partial charge on any atom is -0.493 e. The molecule has 0 bridgehead atoms. The molecule has 16 rings (SSSR count). The van der Waals surface area contributed by atoms with Gasteiger partial charge < -0.3 is 65.0 Å². The third-order valence-corrected chi connectivity index (χ3v) is 22.8. The molecule has 8 saturated heterocycles. The maximum absolute atomic E-state index is 8.88. The fraction of sp³-hybridized carbons (Fsp3) is 0.531. The number of piperazine rings is 5. The lowest BCUT2D eigenvalue weighted by Crippen LogP contribution is -2.47. The number of likely N-dealkylation sites (N-methyl/N-ethyl adjacent to an activating group) is 2. The fourth-order valence-corrected chi connectivity index (χ4v) is 15.2. The summed E-state index contributed by atoms with van der Waals surface area (Å²) in [6.45, 7) is 53.8. The summed E-state index contributed by atoms with van der Waals surface area (Å²) in [5, 5.41) is 18.9. The number of β-amino-alcohol motifs (C(OH)–C–C–N with tert-alkyl or cyclic N) is 1. The smallest absolute Gasteiger partial charge is 0.147 e. The third-order valence-electron chi connectivity index (χ3n) is 22.8. The van der Waals surface area contributed by atoms with E-state index in [1.165, 1.54) is 151 Å². The topological polar surface area (TPSA) is 137 Å². The second-order valence-electron chi connectivity index (χ2n) is 33.5. The van der Waals surface area contributed by atoms with Crippen LogP contribution in [0.5, 0.6) is 5.75 Å². The van der Waals surface area contributed by atoms with Gasteiger partial charge in [0.05, 0.1) is 31.3 Å². The van der Waals surface area contributed by atoms with Crippen LogP contribution in [-0.4, -0.2) is 244 Å². The third kappa shape index (κ3) is 33.2. The van der Waals surface area contributed by atoms with Crippen molar-refractivity contribution in [2.45, 2.75) is 121 Å². The molecular formula is C96H144N16O2. The molecule has 0 unspecified atom stereocenters. The molecule has 0 radical (unpaired) electrons. The van der Waals surface area contributed by atoms with Gasteiger partial charge >= 0.3 is 0 Å². The average molecular weight is 1550 g/mol. The molecule has 0 saturated carbocycles. The molecule has 0 amide bonds. The molecule has 114 heavy (non-hydrogen) atoms. The van der Waals surface area contributed by atoms with Gasteiger partial charge in [-0.25, -0.2) is 9.97 Å². The predicted octanol–water partition coefficient (Wildman–Crippen LogP) is 14.6. The van der Waals surface area contributed by atoms with Crippen molar-refractivity contribution >= 4 is 34.4 Å². The Balaban J connectivity index is 0.000000149. The second kappa shape index (κ2) is 49.0. The molecule has 620 valence electrons. The molecule has 0 aliphatic carbocycles. The van der Waals surface area contributed by atoms with Crippen molar-refractivity contribution in [1.29, 1.82) is 0 Å². The van der Waals surface area contributed by atoms with E-state index in [1.54, 1.807) is 0 Å². The van der Waals surface area contributed by atoms with Gasteiger partial charge in [0.25, 0.3) is 0 Å². The predicted molar refractivity (Wildman–Crippen MR) is 484 cm³/mol. The highest BCUT2D eigenvalue weighted by Crippen LogP contribution is 2.30. The number of likely N-dealkylation sites (tertiary alicyclic amines) is 1. The molecular weight excluding hydrogens is 1410 g/mol. The minimum atomic E-state index is 0.268. The van der Waals surface area contributed by atoms with Crippen LogP contribution in [0.1, 0.15) is 109 Å². The maximum atomic E-state index is 8.88. The van der Waals surface area contributed by atoms with Crippen LogP contribution in [0.15, 0.2) is 176 Å². The number of hydrogen-bond acceptors (Lipinski definition) is 18. The van der Waals surface area contributed by atoms with Gasteiger partial charge in [-0.3, -0.25) is 14.8 Å². The van der Waals surface area contributed by atoms with Crippen LogP contribution in [-0.2, 0) is 6.54 Å². The number of anilines is 6. The van der Waals surface area contributed by atoms with Crippen LogP contribution in [0, 0.1) is 66.7 Å². The zero-order valence-electron chi connectivity index (χ0n) is 72.2. The molecule has 8 aliphatic heterocycles. The number of rotatable bonds is 13. The summed E-state index contributed by atoms with van der Waals surface area (Å²) >= 11 is 0. The van der Waals surface area contributed by atoms with E-state index in [1.807, 2.05) is 25.5 Å². The maximum Gasteiger partial charge on any atom is 0.147 e. The summed E-state index contributed by atoms with van der Waals surface area (Å²) in [4.78, 5) is 37.0. The molecule has 0 spiro atoms. The number of nitrogens with zero attached hydrogens (tertiary/aromatic N) is 13. The van der Waals surface area contributed by atoms with E-state index in [9.17, 15) is 0 Å². The van der Waals surface area contributed by atoms with Crippen molar-refractivity contribution in [2.24, 2.45) is 11.3 Å². The Labute approximate surface area is 688 Å². The van der Waals surface area contributed by atoms with E-state index in [-0.39, 0.29) is 6.61 Å². The normalized spacial score (nSPS) is 18.3. The standard InChI is InChI=1S/C15H23N.C13H20N2O.C13H19NO.C12H18N2.C12H17N.C11H16N2.C10H16N4.C10H15N3/c1-13-5-7-14(8-6-13)11-16-10-4-9-15(2,3)12-16;1-12-2-4-13(5-3-12)15-8-6-14(7-9-15)10-11-16;1-11-2-4-13(5-3-11)15-10-12-6-8-14-9-7-12;1-11-3-5-12(6-4-11)14-9-7-13(2)8-10-14;1-11-5-7-12(8-6-11)13-9-3-2-4-10-13;1-10-2-4-11(5-3-10)13-8-6-12-7-9-13;1-9-7-12-10(8-11-9)14-5-3-13(2)4-6-14;1-9-2-3-10(12-8-9)13-6-4-11-5-7-13/h5-8H,4,9-12H2,1-3H3;2-5,16H,6-11H2,1H3;2-5,12,14H,6-10H2,1H3;3-6H,7-10H2,1-2H3;5-8H,2-4,9-10H2,1H3;2-5,12H,6-9H2,1H3;7-8H,3-6H2,1-2H3;2-3,8,11H,4-7H2,1H3. The molecule has 10 heterocycles. The highest BCUT2D eigenvalue weighted by Gasteiger charge is 2.27. The Bertz CT molecular complexity index is 3620. The summed E-state index contributed by atoms with van der Waals surface area (Å²) in [6, 6.07) is 56.6. The lowest BCUT2D eigenvalue weighted by atomic mass is 9.84. The number of piperidine rings is 3. The zero-order chi connectivity index (χ0) is 80.7. The lowest BCUT2D eigenvalue weighted by molar-refractivity contribution is 0.111. The number of hydrogen-bond donors (Lipinski definition) is 4. The first kappa shape index (κ1) is 89.8. The van der Waals surface area contributed by atoms with Crippen LogP contribution in [0.2, 0.25) is 0 Å². The van der Waals surface area contributed by atoms with Gasteiger partial charge in [-0.15, -0.1) is 0 Å². The zero-order valence-corrected chi connectivity index (χ0v) is 72.2. The first-order chi connectivity index (χ1) is 55.3. The summed E-state index contributed by atoms with van der Waals surface area (Å²) in [5.74, 6) is 3.84. The van der Waals surface area contributed by atoms with Crippen molar-refractivity contribution < 1.29 is 9.84 Å². The SMILES string of the molecule is Cc1ccc(CN2CCCC(C)(C)C2)cc1.Cc1ccc(N2CCCCC2)cc1.Cc1ccc(N2CCN(C)CC2)cc1.Cc1ccc(N2CCN(CCO)CC2)cc1.Cc1ccc(N2CCNCC2)cc1.Cc1ccc(N2CCNCC2)nc1.Cc1ccc(OCC2CCNCC2)cc1.Cc1cnc(N2CCN(C)CC2)cn1. The van der Waals surface area contributed by atoms with E-state index >= 15 is 0 Å². The van der Waals surface area contributed by atoms with Crippen LogP contribution >= 0.6 is 0 Å². The molecule has 8 aromatic rings. The Morgan fingerprint density at radius 2 is 0.763 bits per heavy atom. The molecule has 6 aromatic carbocycles. The van der Waals surface area contributed by atoms with Crippen LogP contribution < -0.4 is 50.1 Å². The van der Waals surface area contributed by atoms with E-state index in [4.69, 9.17) is 9.84 Å². The molecule has 4 N–H and O–H groups in total. The van der Waals surface area contributed by atoms with Crippen molar-refractivity contribution in [3.63, 3.8) is 0 Å². The second-order valence-corrected chi connectivity index (χ2v) is 33.5. The Morgan fingerprint density at radius 1 is 0.368 bits per heavy atom. The molecule has 0 atom stereocenters. The molecule has 8 aliphatic rings. The van der Waals surface area contributed by atoms with E-state index < -0.39 is 0 Å². The summed E-state index contributed by atoms with van der Waals surface area (Å²) in [6.07, 6.45) is 14.9. The van der Waals surface area contributed by atoms with Gasteiger partial charge in [-0.2, -0.15) is 0 Å². The Morgan fingerprint density at radius 3 is 1.20 bits per heavy atom. The fourth-order valence-electron chi connectivity index (χ4n) is 15.2. The quantitative estimate of drug-likeness (QED) is 0.0871. The van der Waals surface area contributed by atoms with Crippen molar-refractivity contribution in [2.75, 3.05) is 233 Å². The highest BCUT2D eigenvalue weighted by molar-refractivity contribution is 5.51. The van der Waals surface area contributed by atoms with Crippen molar-refractivity contribution in [1.82, 2.24) is 50.5 Å². The van der Waals surface area contributed by atoms with Gasteiger partial charge in [0.2, 0.25) is 0 Å². The monoisotopic (exact) mass is 1550 g/mol. The molecule has 18 heteroatoms. The number of benzene rings is 6. The van der Waals surface area contributed by atoms with Gasteiger partial charge in [-0.1, -0.05) is 138 Å². The first-order valence-corrected chi connectivity index (χ1v) is 43.1. The number of nitrogens with one attached hydrogen (secondary N) is 3. The highest BCUT2D eigenvalue weighted by atomic mass is 16.5. The molecule has 2 aromatic heterocycles. The summed E-state index contributed by atoms with van der Waals surface area (Å²) in [5.41, 5.74) is 17.5. The number of aliphatic hydroxyl groups is 1. The number of aryl methyl sites for hydroxylation is 8. The van der Waals surface area contributed by atoms with Crippen molar-refractivity contribution in [3.8, 4) is 5.75 Å². The first-order valence-electron chi connectivity index (χ1n) is 43.1. The van der Waals surface area contributed by atoms with E-state index in [2.05, 4.69) is 314 Å². The van der Waals surface area contributed by atoms with Crippen molar-refractivity contribution in [3.05, 3.63) is 227 Å². The molecule has 8 fully saturated rings. The molecule has 18 nitrogen and oxygen atoms in total. The van der Waals surface area contributed by atoms with E-state index in [0.717, 1.165) is 180 Å². The number of pyridine rings is 1. The lowest BCUT2D eigenvalue weighted by Gasteiger charge is -2.38. The summed E-state index contributed by atoms with van der Waals surface area (Å²) in [7, 11) is 4.34. The van der Waals surface area contributed by atoms with Gasteiger partial charge in [-0.05, 0) is 223 Å². The number of aliphatic hydroxyl groups excluding tert-OH is 1. The van der Waals surface area contributed by atoms with Crippen LogP contribution in [0.3, 0.4) is 0 Å². The van der Waals surface area contributed by atoms with Gasteiger partial charge in [0.15, 0.2) is 0 Å². The van der Waals surface area contributed by atoms with Gasteiger partial charge in [0.1, 0.15) is 17.4 Å². The Kier molecular flexibility index (Phi) is 38.6. The van der Waals surface area contributed by atoms with Crippen LogP contribution in [0.4, 0.5) is 34.4 Å². The largest absolute Gasteiger partial charge is 0.493 e. The Hall–Kier alpha value is -8.17. The number of ether oxygens (including phenoxy) is 1. The minimum absolute atomic E-state index is 0.268. The van der Waals surface area contributed by atoms with Gasteiger partial charge in [0, 0.05) is 193 Å². The summed E-state index contributed by atoms with van der Waals surface area (Å²) < 4.78 is 5.77.